The fourth-order valence-electron chi connectivity index (χ4n) is 4.41. The molecular formula is C22H33F4NaO5. The van der Waals surface area contributed by atoms with Crippen LogP contribution in [0.2, 0.25) is 0 Å². The Labute approximate surface area is 209 Å². The van der Waals surface area contributed by atoms with Crippen LogP contribution in [-0.2, 0) is 9.53 Å². The summed E-state index contributed by atoms with van der Waals surface area (Å²) in [5.41, 5.74) is -2.33. The van der Waals surface area contributed by atoms with Gasteiger partial charge in [0.15, 0.2) is 0 Å². The molecule has 1 saturated heterocycles. The minimum atomic E-state index is -4.62. The number of rotatable bonds is 10. The van der Waals surface area contributed by atoms with Crippen LogP contribution in [0.3, 0.4) is 0 Å². The van der Waals surface area contributed by atoms with E-state index in [9.17, 15) is 32.6 Å². The Balaban J connectivity index is 0.00000512. The molecule has 180 valence electrons. The van der Waals surface area contributed by atoms with E-state index in [2.05, 4.69) is 0 Å². The first-order chi connectivity index (χ1) is 14.4. The number of halogens is 4. The average molecular weight is 476 g/mol. The summed E-state index contributed by atoms with van der Waals surface area (Å²) in [7, 11) is 0. The van der Waals surface area contributed by atoms with Crippen LogP contribution in [0.1, 0.15) is 53.8 Å². The summed E-state index contributed by atoms with van der Waals surface area (Å²) in [5.74, 6) is -2.50. The van der Waals surface area contributed by atoms with Crippen molar-refractivity contribution in [3.8, 4) is 0 Å². The van der Waals surface area contributed by atoms with Gasteiger partial charge in [-0.25, -0.2) is 4.39 Å². The van der Waals surface area contributed by atoms with Gasteiger partial charge in [-0.15, -0.1) is 0 Å². The summed E-state index contributed by atoms with van der Waals surface area (Å²) in [6.45, 7) is 2.74. The van der Waals surface area contributed by atoms with Gasteiger partial charge in [-0.1, -0.05) is 44.1 Å². The molecule has 0 aromatic heterocycles. The average Bonchev–Trinajstić information content (AvgIpc) is 3.14. The molecule has 0 amide bonds. The number of unbranched alkanes of at least 4 members (excludes halogenated alkanes) is 1. The number of hydrogen-bond donors (Lipinski definition) is 3. The molecule has 8 atom stereocenters. The summed E-state index contributed by atoms with van der Waals surface area (Å²) in [6.07, 6.45) is -4.22. The van der Waals surface area contributed by atoms with Crippen molar-refractivity contribution in [1.82, 2.24) is 0 Å². The molecule has 1 aliphatic heterocycles. The molecule has 32 heavy (non-hydrogen) atoms. The molecular weight excluding hydrogens is 443 g/mol. The first-order valence-corrected chi connectivity index (χ1v) is 10.7. The van der Waals surface area contributed by atoms with Crippen molar-refractivity contribution in [2.24, 2.45) is 17.3 Å². The van der Waals surface area contributed by atoms with Gasteiger partial charge >= 0.3 is 41.7 Å². The molecule has 2 aliphatic rings. The fraction of sp³-hybridized carbons (Fsp3) is 0.773. The molecule has 0 bridgehead atoms. The molecule has 0 aromatic rings. The van der Waals surface area contributed by atoms with Crippen LogP contribution in [0.5, 0.6) is 0 Å². The van der Waals surface area contributed by atoms with Crippen molar-refractivity contribution in [1.29, 1.82) is 0 Å². The Morgan fingerprint density at radius 2 is 1.97 bits per heavy atom. The Hall–Kier alpha value is -0.450. The molecule has 1 aliphatic carbocycles. The summed E-state index contributed by atoms with van der Waals surface area (Å²) < 4.78 is 61.5. The summed E-state index contributed by atoms with van der Waals surface area (Å²) in [6, 6.07) is 0. The van der Waals surface area contributed by atoms with Gasteiger partial charge in [0.1, 0.15) is 12.3 Å². The van der Waals surface area contributed by atoms with Gasteiger partial charge in [-0.05, 0) is 19.8 Å². The number of ether oxygens (including phenoxy) is 1. The molecule has 3 N–H and O–H groups in total. The van der Waals surface area contributed by atoms with Crippen molar-refractivity contribution < 1.29 is 73.4 Å². The molecule has 0 spiro atoms. The van der Waals surface area contributed by atoms with Crippen LogP contribution < -0.4 is 29.6 Å². The van der Waals surface area contributed by atoms with E-state index < -0.39 is 60.0 Å². The number of aliphatic hydroxyl groups excluding tert-OH is 2. The normalized spacial score (nSPS) is 33.2. The summed E-state index contributed by atoms with van der Waals surface area (Å²) >= 11 is 0. The van der Waals surface area contributed by atoms with Crippen molar-refractivity contribution >= 4 is 5.97 Å². The van der Waals surface area contributed by atoms with E-state index in [4.69, 9.17) is 9.84 Å². The smallest absolute Gasteiger partial charge is 1.00 e. The SMILES string of the molecule is CCCCC(C)([C@H](O)/C=C/[C@@H]1[C@H]2C(F)C(/C=C/CCC(=O)O)O[C@H]2C[C@H]1O)C(F)(F)F.[H-].[Na+]. The second-order valence-corrected chi connectivity index (χ2v) is 8.75. The molecule has 5 nitrogen and oxygen atoms in total. The number of aliphatic hydroxyl groups is 2. The second-order valence-electron chi connectivity index (χ2n) is 8.75. The van der Waals surface area contributed by atoms with E-state index in [-0.39, 0.29) is 56.7 Å². The fourth-order valence-corrected chi connectivity index (χ4v) is 4.41. The Morgan fingerprint density at radius 1 is 1.31 bits per heavy atom. The maximum atomic E-state index is 15.0. The maximum Gasteiger partial charge on any atom is 1.00 e. The molecule has 3 unspecified atom stereocenters. The summed E-state index contributed by atoms with van der Waals surface area (Å²) in [5, 5.41) is 29.3. The van der Waals surface area contributed by atoms with Crippen molar-refractivity contribution in [2.75, 3.05) is 0 Å². The number of carbonyl (C=O) groups is 1. The van der Waals surface area contributed by atoms with E-state index >= 15 is 0 Å². The minimum absolute atomic E-state index is 0. The Kier molecular flexibility index (Phi) is 11.4. The number of alkyl halides is 4. The van der Waals surface area contributed by atoms with Gasteiger partial charge < -0.3 is 21.5 Å². The zero-order chi connectivity index (χ0) is 23.4. The Morgan fingerprint density at radius 3 is 2.53 bits per heavy atom. The first-order valence-electron chi connectivity index (χ1n) is 10.7. The number of carboxylic acids is 1. The van der Waals surface area contributed by atoms with Crippen LogP contribution >= 0.6 is 0 Å². The van der Waals surface area contributed by atoms with E-state index in [0.29, 0.717) is 12.8 Å². The third kappa shape index (κ3) is 6.79. The quantitative estimate of drug-likeness (QED) is 0.252. The topological polar surface area (TPSA) is 87.0 Å². The molecule has 0 aromatic carbocycles. The van der Waals surface area contributed by atoms with Gasteiger partial charge in [0.25, 0.3) is 0 Å². The van der Waals surface area contributed by atoms with E-state index in [0.717, 1.165) is 13.0 Å². The van der Waals surface area contributed by atoms with Crippen LogP contribution in [0, 0.1) is 17.3 Å². The van der Waals surface area contributed by atoms with E-state index in [1.54, 1.807) is 6.92 Å². The predicted molar refractivity (Wildman–Crippen MR) is 107 cm³/mol. The maximum absolute atomic E-state index is 15.0. The third-order valence-corrected chi connectivity index (χ3v) is 6.52. The van der Waals surface area contributed by atoms with E-state index in [1.165, 1.54) is 18.2 Å². The standard InChI is InChI=1S/C22H32F4O5.Na.H/c1-3-4-11-21(2,22(24,25)26)17(28)10-9-13-14(27)12-16-19(13)20(23)15(31-16)7-5-6-8-18(29)30;;/h5,7,9-10,13-17,19-20,27-28H,3-4,6,8,11-12H2,1-2H3,(H,29,30);;/q;+1;-1/b7-5+,10-9+;;/t13-,14+,15?,16-,17+,19+,20?,21?;;/m0../s1. The van der Waals surface area contributed by atoms with Gasteiger partial charge in [0.05, 0.1) is 23.7 Å². The number of aliphatic carboxylic acids is 1. The number of carboxylic acid groups (broad SMARTS) is 1. The molecule has 2 rings (SSSR count). The zero-order valence-electron chi connectivity index (χ0n) is 19.8. The van der Waals surface area contributed by atoms with Crippen LogP contribution in [0.25, 0.3) is 0 Å². The first kappa shape index (κ1) is 29.6. The molecule has 2 fully saturated rings. The molecule has 0 radical (unpaired) electrons. The summed E-state index contributed by atoms with van der Waals surface area (Å²) in [4.78, 5) is 10.6. The number of fused-ring (bicyclic) bond motifs is 1. The van der Waals surface area contributed by atoms with E-state index in [1.807, 2.05) is 0 Å². The van der Waals surface area contributed by atoms with Crippen LogP contribution in [0.4, 0.5) is 17.6 Å². The molecule has 1 saturated carbocycles. The number of allylic oxidation sites excluding steroid dienone is 1. The predicted octanol–water partition coefficient (Wildman–Crippen LogP) is 1.30. The van der Waals surface area contributed by atoms with Crippen molar-refractivity contribution in [2.45, 2.75) is 89.1 Å². The third-order valence-electron chi connectivity index (χ3n) is 6.52. The molecule has 10 heteroatoms. The van der Waals surface area contributed by atoms with Crippen LogP contribution in [-0.4, -0.2) is 58.1 Å². The molecule has 1 heterocycles. The van der Waals surface area contributed by atoms with Gasteiger partial charge in [-0.2, -0.15) is 13.2 Å². The largest absolute Gasteiger partial charge is 1.00 e. The second kappa shape index (κ2) is 12.3. The van der Waals surface area contributed by atoms with Crippen molar-refractivity contribution in [3.05, 3.63) is 24.3 Å². The van der Waals surface area contributed by atoms with Crippen LogP contribution in [0.15, 0.2) is 24.3 Å². The van der Waals surface area contributed by atoms with Gasteiger partial charge in [0, 0.05) is 24.7 Å². The monoisotopic (exact) mass is 476 g/mol. The number of hydrogen-bond acceptors (Lipinski definition) is 4. The zero-order valence-corrected chi connectivity index (χ0v) is 20.8. The minimum Gasteiger partial charge on any atom is -1.00 e. The van der Waals surface area contributed by atoms with Gasteiger partial charge in [0.2, 0.25) is 0 Å². The van der Waals surface area contributed by atoms with Gasteiger partial charge in [-0.3, -0.25) is 4.79 Å². The van der Waals surface area contributed by atoms with Crippen molar-refractivity contribution in [3.63, 3.8) is 0 Å². The Bertz CT molecular complexity index is 678.